The predicted octanol–water partition coefficient (Wildman–Crippen LogP) is 1.61. The lowest BCUT2D eigenvalue weighted by Crippen LogP contribution is -2.00. The fraction of sp³-hybridized carbons (Fsp3) is 0.333. The van der Waals surface area contributed by atoms with Crippen molar-refractivity contribution >= 4 is 0 Å². The number of hydrogen-bond acceptors (Lipinski definition) is 3. The summed E-state index contributed by atoms with van der Waals surface area (Å²) < 4.78 is 14.6. The summed E-state index contributed by atoms with van der Waals surface area (Å²) in [5, 5.41) is 8.09. The second kappa shape index (κ2) is 5.05. The Hall–Kier alpha value is -1.75. The van der Waals surface area contributed by atoms with E-state index < -0.39 is 0 Å². The highest BCUT2D eigenvalue weighted by atomic mass is 19.1. The molecule has 0 spiro atoms. The normalized spacial score (nSPS) is 10.8. The van der Waals surface area contributed by atoms with E-state index in [9.17, 15) is 4.39 Å². The SMILES string of the molecule is Cc1cc(F)ccc1-n1cc(CCCN)nn1. The van der Waals surface area contributed by atoms with Crippen molar-refractivity contribution in [3.8, 4) is 5.69 Å². The lowest BCUT2D eigenvalue weighted by atomic mass is 10.2. The Labute approximate surface area is 99.2 Å². The zero-order chi connectivity index (χ0) is 12.3. The van der Waals surface area contributed by atoms with Gasteiger partial charge in [-0.2, -0.15) is 0 Å². The van der Waals surface area contributed by atoms with Gasteiger partial charge in [-0.15, -0.1) is 5.10 Å². The maximum absolute atomic E-state index is 13.0. The van der Waals surface area contributed by atoms with Gasteiger partial charge in [0.15, 0.2) is 0 Å². The van der Waals surface area contributed by atoms with Gasteiger partial charge in [-0.25, -0.2) is 9.07 Å². The number of benzene rings is 1. The van der Waals surface area contributed by atoms with Crippen molar-refractivity contribution in [2.75, 3.05) is 6.54 Å². The molecule has 0 amide bonds. The molecule has 1 aromatic heterocycles. The van der Waals surface area contributed by atoms with Crippen LogP contribution in [-0.4, -0.2) is 21.5 Å². The highest BCUT2D eigenvalue weighted by molar-refractivity contribution is 5.39. The zero-order valence-electron chi connectivity index (χ0n) is 9.73. The molecule has 0 aliphatic heterocycles. The third-order valence-electron chi connectivity index (χ3n) is 2.58. The first-order valence-corrected chi connectivity index (χ1v) is 5.58. The van der Waals surface area contributed by atoms with E-state index in [-0.39, 0.29) is 5.82 Å². The quantitative estimate of drug-likeness (QED) is 0.874. The van der Waals surface area contributed by atoms with Crippen LogP contribution in [0.1, 0.15) is 17.7 Å². The Balaban J connectivity index is 2.24. The largest absolute Gasteiger partial charge is 0.330 e. The third kappa shape index (κ3) is 2.68. The Morgan fingerprint density at radius 3 is 2.94 bits per heavy atom. The standard InChI is InChI=1S/C12H15FN4/c1-9-7-10(13)4-5-12(9)17-8-11(15-16-17)3-2-6-14/h4-5,7-8H,2-3,6,14H2,1H3. The summed E-state index contributed by atoms with van der Waals surface area (Å²) in [5.74, 6) is -0.241. The van der Waals surface area contributed by atoms with Crippen molar-refractivity contribution in [1.29, 1.82) is 0 Å². The number of aryl methyl sites for hydroxylation is 2. The molecule has 0 radical (unpaired) electrons. The first-order valence-electron chi connectivity index (χ1n) is 5.58. The number of halogens is 1. The minimum absolute atomic E-state index is 0.241. The Morgan fingerprint density at radius 2 is 2.24 bits per heavy atom. The van der Waals surface area contributed by atoms with Gasteiger partial charge in [0.1, 0.15) is 5.82 Å². The highest BCUT2D eigenvalue weighted by Gasteiger charge is 2.05. The second-order valence-electron chi connectivity index (χ2n) is 3.98. The van der Waals surface area contributed by atoms with Crippen molar-refractivity contribution < 1.29 is 4.39 Å². The average molecular weight is 234 g/mol. The Kier molecular flexibility index (Phi) is 3.49. The lowest BCUT2D eigenvalue weighted by molar-refractivity contribution is 0.625. The zero-order valence-corrected chi connectivity index (χ0v) is 9.73. The van der Waals surface area contributed by atoms with Crippen molar-refractivity contribution in [3.63, 3.8) is 0 Å². The van der Waals surface area contributed by atoms with E-state index >= 15 is 0 Å². The topological polar surface area (TPSA) is 56.7 Å². The Bertz CT molecular complexity index is 507. The van der Waals surface area contributed by atoms with Gasteiger partial charge in [-0.3, -0.25) is 0 Å². The minimum atomic E-state index is -0.241. The molecule has 90 valence electrons. The van der Waals surface area contributed by atoms with Crippen LogP contribution < -0.4 is 5.73 Å². The van der Waals surface area contributed by atoms with Crippen molar-refractivity contribution in [3.05, 3.63) is 41.5 Å². The molecule has 0 atom stereocenters. The van der Waals surface area contributed by atoms with E-state index in [1.165, 1.54) is 12.1 Å². The fourth-order valence-corrected chi connectivity index (χ4v) is 1.69. The maximum atomic E-state index is 13.0. The molecule has 0 aliphatic rings. The number of rotatable bonds is 4. The van der Waals surface area contributed by atoms with Crippen molar-refractivity contribution in [1.82, 2.24) is 15.0 Å². The van der Waals surface area contributed by atoms with Crippen LogP contribution >= 0.6 is 0 Å². The van der Waals surface area contributed by atoms with Crippen LogP contribution in [0.25, 0.3) is 5.69 Å². The molecule has 0 saturated heterocycles. The molecular weight excluding hydrogens is 219 g/mol. The lowest BCUT2D eigenvalue weighted by Gasteiger charge is -2.03. The van der Waals surface area contributed by atoms with Crippen LogP contribution in [0.5, 0.6) is 0 Å². The predicted molar refractivity (Wildman–Crippen MR) is 63.4 cm³/mol. The molecule has 0 aliphatic carbocycles. The monoisotopic (exact) mass is 234 g/mol. The first-order chi connectivity index (χ1) is 8.20. The van der Waals surface area contributed by atoms with Gasteiger partial charge in [0, 0.05) is 0 Å². The van der Waals surface area contributed by atoms with E-state index in [4.69, 9.17) is 5.73 Å². The van der Waals surface area contributed by atoms with Gasteiger partial charge in [-0.1, -0.05) is 5.21 Å². The minimum Gasteiger partial charge on any atom is -0.330 e. The molecular formula is C12H15FN4. The number of aromatic nitrogens is 3. The van der Waals surface area contributed by atoms with Crippen LogP contribution in [-0.2, 0) is 6.42 Å². The Morgan fingerprint density at radius 1 is 1.41 bits per heavy atom. The fourth-order valence-electron chi connectivity index (χ4n) is 1.69. The van der Waals surface area contributed by atoms with Gasteiger partial charge < -0.3 is 5.73 Å². The summed E-state index contributed by atoms with van der Waals surface area (Å²) in [4.78, 5) is 0. The van der Waals surface area contributed by atoms with E-state index in [2.05, 4.69) is 10.3 Å². The van der Waals surface area contributed by atoms with E-state index in [1.807, 2.05) is 13.1 Å². The summed E-state index contributed by atoms with van der Waals surface area (Å²) in [6, 6.07) is 4.60. The summed E-state index contributed by atoms with van der Waals surface area (Å²) in [7, 11) is 0. The third-order valence-corrected chi connectivity index (χ3v) is 2.58. The summed E-state index contributed by atoms with van der Waals surface area (Å²) in [6.07, 6.45) is 3.56. The second-order valence-corrected chi connectivity index (χ2v) is 3.98. The van der Waals surface area contributed by atoms with Crippen molar-refractivity contribution in [2.24, 2.45) is 5.73 Å². The summed E-state index contributed by atoms with van der Waals surface area (Å²) in [6.45, 7) is 2.49. The number of nitrogens with two attached hydrogens (primary N) is 1. The molecule has 0 bridgehead atoms. The van der Waals surface area contributed by atoms with Crippen LogP contribution in [0.15, 0.2) is 24.4 Å². The summed E-state index contributed by atoms with van der Waals surface area (Å²) in [5.41, 5.74) is 8.02. The molecule has 4 nitrogen and oxygen atoms in total. The molecule has 0 saturated carbocycles. The van der Waals surface area contributed by atoms with E-state index in [1.54, 1.807) is 10.7 Å². The van der Waals surface area contributed by atoms with Gasteiger partial charge in [0.25, 0.3) is 0 Å². The van der Waals surface area contributed by atoms with E-state index in [0.717, 1.165) is 29.8 Å². The van der Waals surface area contributed by atoms with Gasteiger partial charge >= 0.3 is 0 Å². The smallest absolute Gasteiger partial charge is 0.123 e. The van der Waals surface area contributed by atoms with Gasteiger partial charge in [0.05, 0.1) is 17.6 Å². The van der Waals surface area contributed by atoms with Crippen LogP contribution in [0.2, 0.25) is 0 Å². The maximum Gasteiger partial charge on any atom is 0.123 e. The molecule has 2 rings (SSSR count). The number of nitrogens with zero attached hydrogens (tertiary/aromatic N) is 3. The molecule has 2 aromatic rings. The number of hydrogen-bond donors (Lipinski definition) is 1. The molecule has 0 fully saturated rings. The molecule has 0 unspecified atom stereocenters. The molecule has 17 heavy (non-hydrogen) atoms. The first kappa shape index (κ1) is 11.7. The molecule has 1 heterocycles. The van der Waals surface area contributed by atoms with Crippen molar-refractivity contribution in [2.45, 2.75) is 19.8 Å². The van der Waals surface area contributed by atoms with Crippen LogP contribution in [0.3, 0.4) is 0 Å². The molecule has 2 N–H and O–H groups in total. The summed E-state index contributed by atoms with van der Waals surface area (Å²) >= 11 is 0. The molecule has 1 aromatic carbocycles. The van der Waals surface area contributed by atoms with Gasteiger partial charge in [0.2, 0.25) is 0 Å². The molecule has 5 heteroatoms. The highest BCUT2D eigenvalue weighted by Crippen LogP contribution is 2.14. The van der Waals surface area contributed by atoms with Crippen LogP contribution in [0, 0.1) is 12.7 Å². The van der Waals surface area contributed by atoms with Crippen LogP contribution in [0.4, 0.5) is 4.39 Å². The van der Waals surface area contributed by atoms with Gasteiger partial charge in [-0.05, 0) is 50.1 Å². The van der Waals surface area contributed by atoms with E-state index in [0.29, 0.717) is 6.54 Å². The average Bonchev–Trinajstić information content (AvgIpc) is 2.75.